The number of Topliss-reactive ketones (excluding diaryl/α,β-unsaturated/α-hetero) is 1. The van der Waals surface area contributed by atoms with Crippen LogP contribution in [0.15, 0.2) is 18.2 Å². The van der Waals surface area contributed by atoms with Gasteiger partial charge in [0.05, 0.1) is 19.3 Å². The first-order valence-corrected chi connectivity index (χ1v) is 4.54. The van der Waals surface area contributed by atoms with Gasteiger partial charge in [0.1, 0.15) is 11.6 Å². The third-order valence-corrected chi connectivity index (χ3v) is 2.00. The predicted molar refractivity (Wildman–Crippen MR) is 53.8 cm³/mol. The summed E-state index contributed by atoms with van der Waals surface area (Å²) in [4.78, 5) is 11.6. The zero-order chi connectivity index (χ0) is 11.3. The fraction of sp³-hybridized carbons (Fsp3) is 0.364. The Kier molecular flexibility index (Phi) is 4.24. The number of methoxy groups -OCH3 is 2. The van der Waals surface area contributed by atoms with E-state index >= 15 is 0 Å². The number of hydrogen-bond acceptors (Lipinski definition) is 3. The Morgan fingerprint density at radius 1 is 1.40 bits per heavy atom. The second-order valence-corrected chi connectivity index (χ2v) is 3.01. The Balaban J connectivity index is 2.90. The van der Waals surface area contributed by atoms with Crippen LogP contribution < -0.4 is 4.74 Å². The molecule has 1 aromatic rings. The highest BCUT2D eigenvalue weighted by atomic mass is 19.1. The molecule has 0 aliphatic carbocycles. The average Bonchev–Trinajstić information content (AvgIpc) is 2.25. The number of carbonyl (C=O) groups is 1. The van der Waals surface area contributed by atoms with Crippen LogP contribution in [0.5, 0.6) is 5.75 Å². The quantitative estimate of drug-likeness (QED) is 0.701. The van der Waals surface area contributed by atoms with Crippen LogP contribution in [-0.2, 0) is 4.74 Å². The third-order valence-electron chi connectivity index (χ3n) is 2.00. The number of hydrogen-bond donors (Lipinski definition) is 0. The Morgan fingerprint density at radius 3 is 2.73 bits per heavy atom. The number of ether oxygens (including phenoxy) is 2. The largest absolute Gasteiger partial charge is 0.496 e. The lowest BCUT2D eigenvalue weighted by Gasteiger charge is -2.07. The molecule has 0 radical (unpaired) electrons. The molecule has 0 aromatic heterocycles. The van der Waals surface area contributed by atoms with E-state index in [9.17, 15) is 9.18 Å². The fourth-order valence-electron chi connectivity index (χ4n) is 1.23. The summed E-state index contributed by atoms with van der Waals surface area (Å²) in [6.07, 6.45) is 0.219. The van der Waals surface area contributed by atoms with Crippen molar-refractivity contribution in [1.82, 2.24) is 0 Å². The van der Waals surface area contributed by atoms with Gasteiger partial charge in [-0.15, -0.1) is 0 Å². The summed E-state index contributed by atoms with van der Waals surface area (Å²) >= 11 is 0. The molecular formula is C11H13FO3. The van der Waals surface area contributed by atoms with Crippen molar-refractivity contribution >= 4 is 5.78 Å². The molecule has 0 saturated carbocycles. The van der Waals surface area contributed by atoms with E-state index in [-0.39, 0.29) is 17.8 Å². The Labute approximate surface area is 87.8 Å². The highest BCUT2D eigenvalue weighted by Gasteiger charge is 2.12. The average molecular weight is 212 g/mol. The lowest BCUT2D eigenvalue weighted by molar-refractivity contribution is 0.0929. The molecule has 0 saturated heterocycles. The zero-order valence-electron chi connectivity index (χ0n) is 8.75. The molecule has 3 nitrogen and oxygen atoms in total. The van der Waals surface area contributed by atoms with Crippen molar-refractivity contribution in [2.75, 3.05) is 20.8 Å². The normalized spacial score (nSPS) is 10.1. The van der Waals surface area contributed by atoms with Gasteiger partial charge in [-0.3, -0.25) is 4.79 Å². The minimum Gasteiger partial charge on any atom is -0.496 e. The van der Waals surface area contributed by atoms with E-state index in [1.54, 1.807) is 0 Å². The van der Waals surface area contributed by atoms with Crippen LogP contribution in [0, 0.1) is 5.82 Å². The fourth-order valence-corrected chi connectivity index (χ4v) is 1.23. The molecule has 1 rings (SSSR count). The first-order valence-electron chi connectivity index (χ1n) is 4.54. The molecule has 0 aliphatic rings. The summed E-state index contributed by atoms with van der Waals surface area (Å²) in [5.74, 6) is -0.248. The monoisotopic (exact) mass is 212 g/mol. The summed E-state index contributed by atoms with van der Waals surface area (Å²) in [6, 6.07) is 3.87. The molecule has 82 valence electrons. The first kappa shape index (κ1) is 11.7. The van der Waals surface area contributed by atoms with Crippen molar-refractivity contribution in [2.24, 2.45) is 0 Å². The third kappa shape index (κ3) is 3.02. The van der Waals surface area contributed by atoms with Gasteiger partial charge in [-0.05, 0) is 18.2 Å². The van der Waals surface area contributed by atoms with Gasteiger partial charge >= 0.3 is 0 Å². The van der Waals surface area contributed by atoms with E-state index in [1.165, 1.54) is 32.4 Å². The van der Waals surface area contributed by atoms with E-state index in [2.05, 4.69) is 0 Å². The lowest BCUT2D eigenvalue weighted by Crippen LogP contribution is -2.06. The molecule has 0 fully saturated rings. The topological polar surface area (TPSA) is 35.5 Å². The van der Waals surface area contributed by atoms with Crippen molar-refractivity contribution in [3.8, 4) is 5.75 Å². The van der Waals surface area contributed by atoms with Gasteiger partial charge in [0.15, 0.2) is 5.78 Å². The van der Waals surface area contributed by atoms with Crippen LogP contribution in [0.1, 0.15) is 16.8 Å². The summed E-state index contributed by atoms with van der Waals surface area (Å²) in [6.45, 7) is 0.318. The molecule has 15 heavy (non-hydrogen) atoms. The molecule has 4 heteroatoms. The summed E-state index contributed by atoms with van der Waals surface area (Å²) in [7, 11) is 2.95. The molecule has 1 aromatic carbocycles. The summed E-state index contributed by atoms with van der Waals surface area (Å²) < 4.78 is 22.7. The number of benzene rings is 1. The maximum atomic E-state index is 12.9. The molecule has 0 unspecified atom stereocenters. The van der Waals surface area contributed by atoms with Crippen molar-refractivity contribution < 1.29 is 18.7 Å². The van der Waals surface area contributed by atoms with Crippen molar-refractivity contribution in [3.63, 3.8) is 0 Å². The molecular weight excluding hydrogens is 199 g/mol. The number of ketones is 1. The van der Waals surface area contributed by atoms with E-state index in [0.29, 0.717) is 12.4 Å². The van der Waals surface area contributed by atoms with Gasteiger partial charge in [-0.2, -0.15) is 0 Å². The first-order chi connectivity index (χ1) is 7.19. The molecule has 0 heterocycles. The Morgan fingerprint density at radius 2 is 2.13 bits per heavy atom. The molecule has 0 bridgehead atoms. The van der Waals surface area contributed by atoms with E-state index in [1.807, 2.05) is 0 Å². The van der Waals surface area contributed by atoms with E-state index < -0.39 is 5.82 Å². The van der Waals surface area contributed by atoms with E-state index in [4.69, 9.17) is 9.47 Å². The Bertz CT molecular complexity index is 350. The van der Waals surface area contributed by atoms with Gasteiger partial charge in [-0.25, -0.2) is 4.39 Å². The summed E-state index contributed by atoms with van der Waals surface area (Å²) in [5, 5.41) is 0. The smallest absolute Gasteiger partial charge is 0.168 e. The molecule has 0 N–H and O–H groups in total. The van der Waals surface area contributed by atoms with Crippen molar-refractivity contribution in [3.05, 3.63) is 29.6 Å². The molecule has 0 amide bonds. The highest BCUT2D eigenvalue weighted by Crippen LogP contribution is 2.20. The van der Waals surface area contributed by atoms with Gasteiger partial charge in [-0.1, -0.05) is 0 Å². The minimum absolute atomic E-state index is 0.187. The second kappa shape index (κ2) is 5.46. The van der Waals surface area contributed by atoms with Crippen LogP contribution in [0.4, 0.5) is 4.39 Å². The van der Waals surface area contributed by atoms with Crippen molar-refractivity contribution in [2.45, 2.75) is 6.42 Å². The number of halogens is 1. The van der Waals surface area contributed by atoms with Gasteiger partial charge < -0.3 is 9.47 Å². The van der Waals surface area contributed by atoms with E-state index in [0.717, 1.165) is 0 Å². The van der Waals surface area contributed by atoms with Crippen molar-refractivity contribution in [1.29, 1.82) is 0 Å². The number of rotatable bonds is 5. The highest BCUT2D eigenvalue weighted by molar-refractivity contribution is 5.98. The molecule has 0 atom stereocenters. The van der Waals surface area contributed by atoms with Crippen LogP contribution in [-0.4, -0.2) is 26.6 Å². The Hall–Kier alpha value is -1.42. The SMILES string of the molecule is COCCC(=O)c1cc(F)ccc1OC. The number of carbonyl (C=O) groups excluding carboxylic acids is 1. The van der Waals surface area contributed by atoms with Crippen LogP contribution in [0.25, 0.3) is 0 Å². The standard InChI is InChI=1S/C11H13FO3/c1-14-6-5-10(13)9-7-8(12)3-4-11(9)15-2/h3-4,7H,5-6H2,1-2H3. The van der Waals surface area contributed by atoms with Gasteiger partial charge in [0.2, 0.25) is 0 Å². The molecule has 0 aliphatic heterocycles. The van der Waals surface area contributed by atoms with Crippen LogP contribution >= 0.6 is 0 Å². The lowest BCUT2D eigenvalue weighted by atomic mass is 10.1. The minimum atomic E-state index is -0.448. The van der Waals surface area contributed by atoms with Gasteiger partial charge in [0.25, 0.3) is 0 Å². The predicted octanol–water partition coefficient (Wildman–Crippen LogP) is 2.05. The van der Waals surface area contributed by atoms with Crippen LogP contribution in [0.3, 0.4) is 0 Å². The van der Waals surface area contributed by atoms with Gasteiger partial charge in [0, 0.05) is 13.5 Å². The second-order valence-electron chi connectivity index (χ2n) is 3.01. The zero-order valence-corrected chi connectivity index (χ0v) is 8.75. The van der Waals surface area contributed by atoms with Crippen LogP contribution in [0.2, 0.25) is 0 Å². The summed E-state index contributed by atoms with van der Waals surface area (Å²) in [5.41, 5.74) is 0.259. The maximum absolute atomic E-state index is 12.9. The maximum Gasteiger partial charge on any atom is 0.168 e. The molecule has 0 spiro atoms.